The SMILES string of the molecule is O=C(Nc1cccc(Br)c1)c1ccccc1SCc1ccncc1. The van der Waals surface area contributed by atoms with Crippen LogP contribution in [-0.2, 0) is 5.75 Å². The number of aromatic nitrogens is 1. The first-order chi connectivity index (χ1) is 11.7. The minimum absolute atomic E-state index is 0.106. The van der Waals surface area contributed by atoms with Crippen molar-refractivity contribution < 1.29 is 4.79 Å². The minimum atomic E-state index is -0.106. The van der Waals surface area contributed by atoms with Crippen LogP contribution in [-0.4, -0.2) is 10.9 Å². The van der Waals surface area contributed by atoms with Crippen LogP contribution in [0.5, 0.6) is 0 Å². The lowest BCUT2D eigenvalue weighted by molar-refractivity contribution is 0.102. The number of hydrogen-bond donors (Lipinski definition) is 1. The number of nitrogens with zero attached hydrogens (tertiary/aromatic N) is 1. The average Bonchev–Trinajstić information content (AvgIpc) is 2.61. The van der Waals surface area contributed by atoms with Crippen molar-refractivity contribution in [2.45, 2.75) is 10.6 Å². The molecule has 0 spiro atoms. The number of thioether (sulfide) groups is 1. The highest BCUT2D eigenvalue weighted by Crippen LogP contribution is 2.27. The molecule has 5 heteroatoms. The summed E-state index contributed by atoms with van der Waals surface area (Å²) in [7, 11) is 0. The monoisotopic (exact) mass is 398 g/mol. The van der Waals surface area contributed by atoms with E-state index >= 15 is 0 Å². The number of carbonyl (C=O) groups excluding carboxylic acids is 1. The fourth-order valence-corrected chi connectivity index (χ4v) is 3.59. The molecule has 3 aromatic rings. The standard InChI is InChI=1S/C19H15BrN2OS/c20-15-4-3-5-16(12-15)22-19(23)17-6-1-2-7-18(17)24-13-14-8-10-21-11-9-14/h1-12H,13H2,(H,22,23). The molecule has 0 atom stereocenters. The summed E-state index contributed by atoms with van der Waals surface area (Å²) in [6, 6.07) is 19.2. The van der Waals surface area contributed by atoms with Crippen LogP contribution in [0, 0.1) is 0 Å². The molecule has 1 amide bonds. The van der Waals surface area contributed by atoms with E-state index in [0.29, 0.717) is 5.56 Å². The summed E-state index contributed by atoms with van der Waals surface area (Å²) in [5, 5.41) is 2.95. The third-order valence-corrected chi connectivity index (χ3v) is 5.00. The molecule has 1 N–H and O–H groups in total. The number of amides is 1. The van der Waals surface area contributed by atoms with Gasteiger partial charge in [-0.1, -0.05) is 34.1 Å². The molecular weight excluding hydrogens is 384 g/mol. The molecule has 0 saturated heterocycles. The van der Waals surface area contributed by atoms with Gasteiger partial charge in [-0.25, -0.2) is 0 Å². The second-order valence-electron chi connectivity index (χ2n) is 5.10. The van der Waals surface area contributed by atoms with Gasteiger partial charge in [0, 0.05) is 33.2 Å². The maximum atomic E-state index is 12.6. The maximum absolute atomic E-state index is 12.6. The Bertz CT molecular complexity index is 840. The number of halogens is 1. The summed E-state index contributed by atoms with van der Waals surface area (Å²) < 4.78 is 0.931. The maximum Gasteiger partial charge on any atom is 0.256 e. The molecule has 2 aromatic carbocycles. The van der Waals surface area contributed by atoms with Crippen LogP contribution in [0.3, 0.4) is 0 Å². The van der Waals surface area contributed by atoms with Crippen molar-refractivity contribution in [2.75, 3.05) is 5.32 Å². The predicted octanol–water partition coefficient (Wildman–Crippen LogP) is 5.39. The van der Waals surface area contributed by atoms with Gasteiger partial charge in [-0.05, 0) is 48.0 Å². The molecule has 120 valence electrons. The fourth-order valence-electron chi connectivity index (χ4n) is 2.18. The Morgan fingerprint density at radius 2 is 1.83 bits per heavy atom. The molecule has 24 heavy (non-hydrogen) atoms. The molecule has 0 aliphatic carbocycles. The van der Waals surface area contributed by atoms with Crippen molar-refractivity contribution in [3.05, 3.63) is 88.7 Å². The molecule has 1 aromatic heterocycles. The van der Waals surface area contributed by atoms with Crippen LogP contribution in [0.25, 0.3) is 0 Å². The van der Waals surface area contributed by atoms with Crippen LogP contribution in [0.4, 0.5) is 5.69 Å². The van der Waals surface area contributed by atoms with Crippen LogP contribution in [0.15, 0.2) is 82.4 Å². The molecule has 1 heterocycles. The Morgan fingerprint density at radius 3 is 2.62 bits per heavy atom. The van der Waals surface area contributed by atoms with Crippen molar-refractivity contribution in [3.63, 3.8) is 0 Å². The molecule has 0 aliphatic rings. The quantitative estimate of drug-likeness (QED) is 0.585. The van der Waals surface area contributed by atoms with Gasteiger partial charge in [0.1, 0.15) is 0 Å². The molecule has 0 unspecified atom stereocenters. The zero-order valence-electron chi connectivity index (χ0n) is 12.8. The van der Waals surface area contributed by atoms with Crippen molar-refractivity contribution >= 4 is 39.3 Å². The topological polar surface area (TPSA) is 42.0 Å². The molecule has 0 radical (unpaired) electrons. The number of hydrogen-bond acceptors (Lipinski definition) is 3. The Hall–Kier alpha value is -2.11. The first-order valence-electron chi connectivity index (χ1n) is 7.40. The third kappa shape index (κ3) is 4.46. The Balaban J connectivity index is 1.74. The largest absolute Gasteiger partial charge is 0.322 e. The second-order valence-corrected chi connectivity index (χ2v) is 7.04. The van der Waals surface area contributed by atoms with Gasteiger partial charge in [0.2, 0.25) is 0 Å². The van der Waals surface area contributed by atoms with Gasteiger partial charge in [-0.15, -0.1) is 11.8 Å². The Kier molecular flexibility index (Phi) is 5.67. The second kappa shape index (κ2) is 8.13. The predicted molar refractivity (Wildman–Crippen MR) is 102 cm³/mol. The van der Waals surface area contributed by atoms with Crippen LogP contribution in [0.1, 0.15) is 15.9 Å². The number of pyridine rings is 1. The Labute approximate surface area is 153 Å². The van der Waals surface area contributed by atoms with E-state index in [1.165, 1.54) is 5.56 Å². The van der Waals surface area contributed by atoms with Crippen LogP contribution >= 0.6 is 27.7 Å². The lowest BCUT2D eigenvalue weighted by atomic mass is 10.2. The lowest BCUT2D eigenvalue weighted by Gasteiger charge is -2.10. The fraction of sp³-hybridized carbons (Fsp3) is 0.0526. The van der Waals surface area contributed by atoms with Gasteiger partial charge in [0.05, 0.1) is 5.56 Å². The number of anilines is 1. The highest BCUT2D eigenvalue weighted by molar-refractivity contribution is 9.10. The van der Waals surface area contributed by atoms with Gasteiger partial charge < -0.3 is 5.32 Å². The minimum Gasteiger partial charge on any atom is -0.322 e. The number of nitrogens with one attached hydrogen (secondary N) is 1. The summed E-state index contributed by atoms with van der Waals surface area (Å²) in [5.41, 5.74) is 2.62. The first-order valence-corrected chi connectivity index (χ1v) is 9.18. The molecule has 0 fully saturated rings. The molecule has 3 rings (SSSR count). The van der Waals surface area contributed by atoms with E-state index < -0.39 is 0 Å². The van der Waals surface area contributed by atoms with E-state index in [4.69, 9.17) is 0 Å². The van der Waals surface area contributed by atoms with Gasteiger partial charge >= 0.3 is 0 Å². The summed E-state index contributed by atoms with van der Waals surface area (Å²) in [5.74, 6) is 0.690. The summed E-state index contributed by atoms with van der Waals surface area (Å²) >= 11 is 5.06. The molecule has 0 saturated carbocycles. The number of carbonyl (C=O) groups is 1. The van der Waals surface area contributed by atoms with E-state index in [1.807, 2.05) is 60.7 Å². The van der Waals surface area contributed by atoms with E-state index in [1.54, 1.807) is 24.2 Å². The highest BCUT2D eigenvalue weighted by Gasteiger charge is 2.12. The highest BCUT2D eigenvalue weighted by atomic mass is 79.9. The smallest absolute Gasteiger partial charge is 0.256 e. The van der Waals surface area contributed by atoms with Gasteiger partial charge in [-0.3, -0.25) is 9.78 Å². The average molecular weight is 399 g/mol. The van der Waals surface area contributed by atoms with Crippen molar-refractivity contribution in [3.8, 4) is 0 Å². The zero-order chi connectivity index (χ0) is 16.8. The van der Waals surface area contributed by atoms with Gasteiger partial charge in [0.15, 0.2) is 0 Å². The van der Waals surface area contributed by atoms with Crippen molar-refractivity contribution in [1.82, 2.24) is 4.98 Å². The van der Waals surface area contributed by atoms with Crippen molar-refractivity contribution in [2.24, 2.45) is 0 Å². The summed E-state index contributed by atoms with van der Waals surface area (Å²) in [4.78, 5) is 17.6. The summed E-state index contributed by atoms with van der Waals surface area (Å²) in [6.45, 7) is 0. The normalized spacial score (nSPS) is 10.4. The molecule has 3 nitrogen and oxygen atoms in total. The third-order valence-electron chi connectivity index (χ3n) is 3.36. The molecular formula is C19H15BrN2OS. The van der Waals surface area contributed by atoms with E-state index in [0.717, 1.165) is 20.8 Å². The number of benzene rings is 2. The van der Waals surface area contributed by atoms with E-state index in [2.05, 4.69) is 26.2 Å². The van der Waals surface area contributed by atoms with Crippen LogP contribution in [0.2, 0.25) is 0 Å². The van der Waals surface area contributed by atoms with Gasteiger partial charge in [-0.2, -0.15) is 0 Å². The molecule has 0 aliphatic heterocycles. The first kappa shape index (κ1) is 16.7. The zero-order valence-corrected chi connectivity index (χ0v) is 15.2. The van der Waals surface area contributed by atoms with E-state index in [9.17, 15) is 4.79 Å². The Morgan fingerprint density at radius 1 is 1.04 bits per heavy atom. The van der Waals surface area contributed by atoms with E-state index in [-0.39, 0.29) is 5.91 Å². The lowest BCUT2D eigenvalue weighted by Crippen LogP contribution is -2.12. The van der Waals surface area contributed by atoms with Crippen molar-refractivity contribution in [1.29, 1.82) is 0 Å². The van der Waals surface area contributed by atoms with Gasteiger partial charge in [0.25, 0.3) is 5.91 Å². The van der Waals surface area contributed by atoms with Crippen LogP contribution < -0.4 is 5.32 Å². The summed E-state index contributed by atoms with van der Waals surface area (Å²) in [6.07, 6.45) is 3.56. The number of rotatable bonds is 5. The molecule has 0 bridgehead atoms.